The second kappa shape index (κ2) is 6.20. The molecule has 0 aliphatic heterocycles. The lowest BCUT2D eigenvalue weighted by molar-refractivity contribution is 0.386. The van der Waals surface area contributed by atoms with Gasteiger partial charge in [-0.25, -0.2) is 14.4 Å². The Morgan fingerprint density at radius 3 is 2.83 bits per heavy atom. The van der Waals surface area contributed by atoms with Crippen molar-refractivity contribution < 1.29 is 9.13 Å². The Morgan fingerprint density at radius 1 is 1.30 bits per heavy atom. The second-order valence-electron chi connectivity index (χ2n) is 5.19. The average Bonchev–Trinajstić information content (AvgIpc) is 2.94. The number of hydrogen-bond acceptors (Lipinski definition) is 5. The molecule has 7 heteroatoms. The molecule has 3 aromatic rings. The van der Waals surface area contributed by atoms with E-state index in [4.69, 9.17) is 4.74 Å². The van der Waals surface area contributed by atoms with Gasteiger partial charge in [-0.2, -0.15) is 5.10 Å². The highest BCUT2D eigenvalue weighted by atomic mass is 19.1. The molecule has 0 aliphatic carbocycles. The molecule has 3 rings (SSSR count). The van der Waals surface area contributed by atoms with Crippen LogP contribution in [0.4, 0.5) is 10.2 Å². The van der Waals surface area contributed by atoms with E-state index >= 15 is 0 Å². The van der Waals surface area contributed by atoms with Crippen molar-refractivity contribution in [3.8, 4) is 5.75 Å². The normalized spacial score (nSPS) is 11.0. The summed E-state index contributed by atoms with van der Waals surface area (Å²) in [6, 6.07) is 4.98. The molecule has 0 spiro atoms. The fraction of sp³-hybridized carbons (Fsp3) is 0.312. The van der Waals surface area contributed by atoms with Gasteiger partial charge in [-0.15, -0.1) is 0 Å². The zero-order chi connectivity index (χ0) is 16.4. The maximum atomic E-state index is 13.9. The Kier molecular flexibility index (Phi) is 4.10. The molecule has 0 bridgehead atoms. The minimum atomic E-state index is -0.365. The van der Waals surface area contributed by atoms with Crippen LogP contribution in [0, 0.1) is 5.82 Å². The third-order valence-electron chi connectivity index (χ3n) is 3.78. The van der Waals surface area contributed by atoms with Gasteiger partial charge in [0.2, 0.25) is 0 Å². The van der Waals surface area contributed by atoms with Crippen LogP contribution in [0.25, 0.3) is 11.0 Å². The third kappa shape index (κ3) is 2.81. The number of aromatic nitrogens is 4. The van der Waals surface area contributed by atoms with Crippen molar-refractivity contribution in [3.63, 3.8) is 0 Å². The van der Waals surface area contributed by atoms with Crippen LogP contribution >= 0.6 is 0 Å². The van der Waals surface area contributed by atoms with E-state index in [0.29, 0.717) is 6.54 Å². The maximum Gasteiger partial charge on any atom is 0.165 e. The minimum absolute atomic E-state index is 0.244. The highest BCUT2D eigenvalue weighted by Gasteiger charge is 2.15. The van der Waals surface area contributed by atoms with E-state index in [2.05, 4.69) is 20.0 Å². The number of methoxy groups -OCH3 is 1. The number of nitrogens with zero attached hydrogens (tertiary/aromatic N) is 5. The van der Waals surface area contributed by atoms with Crippen LogP contribution in [0.1, 0.15) is 12.5 Å². The molecule has 6 nitrogen and oxygen atoms in total. The number of benzene rings is 1. The van der Waals surface area contributed by atoms with Gasteiger partial charge >= 0.3 is 0 Å². The van der Waals surface area contributed by atoms with Crippen LogP contribution in [0.15, 0.2) is 30.7 Å². The monoisotopic (exact) mass is 315 g/mol. The molecule has 23 heavy (non-hydrogen) atoms. The van der Waals surface area contributed by atoms with Crippen molar-refractivity contribution in [2.45, 2.75) is 13.5 Å². The fourth-order valence-corrected chi connectivity index (χ4v) is 2.57. The first-order chi connectivity index (χ1) is 11.1. The third-order valence-corrected chi connectivity index (χ3v) is 3.78. The van der Waals surface area contributed by atoms with Gasteiger partial charge in [0.1, 0.15) is 12.1 Å². The van der Waals surface area contributed by atoms with Crippen molar-refractivity contribution >= 4 is 16.9 Å². The van der Waals surface area contributed by atoms with Gasteiger partial charge in [0, 0.05) is 20.1 Å². The summed E-state index contributed by atoms with van der Waals surface area (Å²) in [7, 11) is 3.30. The molecule has 0 saturated heterocycles. The van der Waals surface area contributed by atoms with Gasteiger partial charge in [-0.1, -0.05) is 6.07 Å². The molecular formula is C16H18FN5O. The molecule has 120 valence electrons. The lowest BCUT2D eigenvalue weighted by Gasteiger charge is -2.22. The van der Waals surface area contributed by atoms with Gasteiger partial charge in [0.05, 0.1) is 18.7 Å². The molecule has 0 radical (unpaired) electrons. The molecule has 1 aromatic carbocycles. The van der Waals surface area contributed by atoms with Crippen molar-refractivity contribution in [1.29, 1.82) is 0 Å². The van der Waals surface area contributed by atoms with Crippen LogP contribution in [0.2, 0.25) is 0 Å². The Morgan fingerprint density at radius 2 is 2.13 bits per heavy atom. The van der Waals surface area contributed by atoms with Crippen LogP contribution in [0.5, 0.6) is 5.75 Å². The van der Waals surface area contributed by atoms with E-state index in [1.807, 2.05) is 20.0 Å². The lowest BCUT2D eigenvalue weighted by Crippen LogP contribution is -2.23. The topological polar surface area (TPSA) is 56.1 Å². The molecule has 2 aromatic heterocycles. The van der Waals surface area contributed by atoms with E-state index in [9.17, 15) is 4.39 Å². The highest BCUT2D eigenvalue weighted by Crippen LogP contribution is 2.25. The summed E-state index contributed by atoms with van der Waals surface area (Å²) < 4.78 is 20.5. The Labute approximate surface area is 133 Å². The van der Waals surface area contributed by atoms with Crippen molar-refractivity contribution in [1.82, 2.24) is 19.7 Å². The summed E-state index contributed by atoms with van der Waals surface area (Å²) in [4.78, 5) is 10.7. The first-order valence-corrected chi connectivity index (χ1v) is 7.34. The Hall–Kier alpha value is -2.70. The summed E-state index contributed by atoms with van der Waals surface area (Å²) in [5, 5.41) is 5.11. The molecule has 0 fully saturated rings. The number of ether oxygens (including phenoxy) is 1. The molecule has 0 unspecified atom stereocenters. The summed E-state index contributed by atoms with van der Waals surface area (Å²) in [5.41, 5.74) is 1.62. The minimum Gasteiger partial charge on any atom is -0.494 e. The van der Waals surface area contributed by atoms with Gasteiger partial charge in [-0.3, -0.25) is 4.68 Å². The number of anilines is 1. The Bertz CT molecular complexity index is 832. The smallest absolute Gasteiger partial charge is 0.165 e. The molecule has 0 amide bonds. The van der Waals surface area contributed by atoms with E-state index < -0.39 is 0 Å². The number of rotatable bonds is 5. The van der Waals surface area contributed by atoms with Crippen molar-refractivity contribution in [2.75, 3.05) is 18.6 Å². The molecule has 2 heterocycles. The summed E-state index contributed by atoms with van der Waals surface area (Å²) in [6.07, 6.45) is 3.28. The van der Waals surface area contributed by atoms with Crippen LogP contribution < -0.4 is 9.64 Å². The predicted molar refractivity (Wildman–Crippen MR) is 86.0 cm³/mol. The van der Waals surface area contributed by atoms with Gasteiger partial charge in [-0.05, 0) is 24.6 Å². The van der Waals surface area contributed by atoms with E-state index in [0.717, 1.165) is 29.0 Å². The highest BCUT2D eigenvalue weighted by molar-refractivity contribution is 5.86. The molecule has 0 N–H and O–H groups in total. The number of aryl methyl sites for hydroxylation is 1. The van der Waals surface area contributed by atoms with E-state index in [1.54, 1.807) is 16.9 Å². The standard InChI is InChI=1S/C16H18FN5O/c1-4-22(9-11-5-6-14(23-3)13(17)7-11)16-12-8-20-21(2)15(12)18-10-19-16/h5-8,10H,4,9H2,1-3H3. The van der Waals surface area contributed by atoms with Gasteiger partial charge in [0.15, 0.2) is 17.2 Å². The van der Waals surface area contributed by atoms with Gasteiger partial charge in [0.25, 0.3) is 0 Å². The molecule has 0 atom stereocenters. The number of hydrogen-bond donors (Lipinski definition) is 0. The van der Waals surface area contributed by atoms with Crippen LogP contribution in [-0.4, -0.2) is 33.4 Å². The summed E-state index contributed by atoms with van der Waals surface area (Å²) in [6.45, 7) is 3.30. The zero-order valence-electron chi connectivity index (χ0n) is 13.3. The second-order valence-corrected chi connectivity index (χ2v) is 5.19. The fourth-order valence-electron chi connectivity index (χ4n) is 2.57. The average molecular weight is 315 g/mol. The van der Waals surface area contributed by atoms with Crippen LogP contribution in [-0.2, 0) is 13.6 Å². The molecule has 0 aliphatic rings. The predicted octanol–water partition coefficient (Wildman–Crippen LogP) is 2.54. The van der Waals surface area contributed by atoms with Crippen LogP contribution in [0.3, 0.4) is 0 Å². The summed E-state index contributed by atoms with van der Waals surface area (Å²) in [5.74, 6) is 0.672. The molecule has 0 saturated carbocycles. The SMILES string of the molecule is CCN(Cc1ccc(OC)c(F)c1)c1ncnc2c1cnn2C. The van der Waals surface area contributed by atoms with Crippen molar-refractivity contribution in [3.05, 3.63) is 42.1 Å². The number of halogens is 1. The molecular weight excluding hydrogens is 297 g/mol. The summed E-state index contributed by atoms with van der Waals surface area (Å²) >= 11 is 0. The van der Waals surface area contributed by atoms with E-state index in [-0.39, 0.29) is 11.6 Å². The first-order valence-electron chi connectivity index (χ1n) is 7.34. The first kappa shape index (κ1) is 15.2. The largest absolute Gasteiger partial charge is 0.494 e. The quantitative estimate of drug-likeness (QED) is 0.724. The zero-order valence-corrected chi connectivity index (χ0v) is 13.3. The van der Waals surface area contributed by atoms with E-state index in [1.165, 1.54) is 19.5 Å². The van der Waals surface area contributed by atoms with Gasteiger partial charge < -0.3 is 9.64 Å². The lowest BCUT2D eigenvalue weighted by atomic mass is 10.2. The van der Waals surface area contributed by atoms with Crippen molar-refractivity contribution in [2.24, 2.45) is 7.05 Å². The number of fused-ring (bicyclic) bond motifs is 1. The maximum absolute atomic E-state index is 13.9. The Balaban J connectivity index is 1.94.